The van der Waals surface area contributed by atoms with Crippen molar-refractivity contribution < 1.29 is 0 Å². The van der Waals surface area contributed by atoms with Crippen LogP contribution in [0.4, 0.5) is 0 Å². The third-order valence-corrected chi connectivity index (χ3v) is 4.30. The third kappa shape index (κ3) is 5.44. The van der Waals surface area contributed by atoms with Crippen molar-refractivity contribution in [1.29, 1.82) is 5.26 Å². The Kier molecular flexibility index (Phi) is 6.90. The van der Waals surface area contributed by atoms with Gasteiger partial charge >= 0.3 is 0 Å². The number of aromatic amines is 1. The number of thioether (sulfide) groups is 1. The summed E-state index contributed by atoms with van der Waals surface area (Å²) in [6.45, 7) is 1.56. The molecule has 1 aromatic heterocycles. The minimum absolute atomic E-state index is 0.505. The Hall–Kier alpha value is -2.24. The van der Waals surface area contributed by atoms with Crippen LogP contribution in [0.5, 0.6) is 0 Å². The van der Waals surface area contributed by atoms with Crippen molar-refractivity contribution in [2.45, 2.75) is 12.3 Å². The molecule has 2 rings (SSSR count). The van der Waals surface area contributed by atoms with E-state index in [0.29, 0.717) is 5.96 Å². The molecule has 1 aromatic carbocycles. The van der Waals surface area contributed by atoms with Crippen molar-refractivity contribution in [2.24, 2.45) is 4.99 Å². The second-order valence-corrected chi connectivity index (χ2v) is 6.67. The van der Waals surface area contributed by atoms with Crippen LogP contribution in [-0.4, -0.2) is 54.3 Å². The average Bonchev–Trinajstić information content (AvgIpc) is 2.94. The Bertz CT molecular complexity index is 730. The van der Waals surface area contributed by atoms with E-state index in [0.717, 1.165) is 41.5 Å². The van der Waals surface area contributed by atoms with Crippen molar-refractivity contribution in [2.75, 3.05) is 33.4 Å². The molecule has 24 heavy (non-hydrogen) atoms. The summed E-state index contributed by atoms with van der Waals surface area (Å²) in [5.74, 6) is 3.36. The molecule has 0 aliphatic heterocycles. The number of benzene rings is 1. The van der Waals surface area contributed by atoms with E-state index >= 15 is 0 Å². The molecule has 128 valence electrons. The quantitative estimate of drug-likeness (QED) is 0.232. The summed E-state index contributed by atoms with van der Waals surface area (Å²) < 4.78 is 0. The largest absolute Gasteiger partial charge is 0.355 e. The number of nitrogens with one attached hydrogen (secondary N) is 3. The van der Waals surface area contributed by atoms with Crippen molar-refractivity contribution in [3.63, 3.8) is 0 Å². The molecule has 2 aromatic rings. The number of hydrogen-bond acceptors (Lipinski definition) is 5. The van der Waals surface area contributed by atoms with Gasteiger partial charge in [0.2, 0.25) is 5.96 Å². The molecule has 3 N–H and O–H groups in total. The van der Waals surface area contributed by atoms with Crippen molar-refractivity contribution in [3.05, 3.63) is 29.6 Å². The van der Waals surface area contributed by atoms with Gasteiger partial charge in [-0.3, -0.25) is 10.3 Å². The molecule has 0 bridgehead atoms. The average molecular weight is 345 g/mol. The highest BCUT2D eigenvalue weighted by Gasteiger charge is 2.05. The third-order valence-electron chi connectivity index (χ3n) is 3.27. The smallest absolute Gasteiger partial charge is 0.204 e. The van der Waals surface area contributed by atoms with E-state index in [4.69, 9.17) is 5.26 Å². The zero-order chi connectivity index (χ0) is 17.4. The van der Waals surface area contributed by atoms with Gasteiger partial charge in [-0.05, 0) is 31.8 Å². The van der Waals surface area contributed by atoms with Crippen LogP contribution in [0.1, 0.15) is 11.4 Å². The van der Waals surface area contributed by atoms with Crippen LogP contribution in [0, 0.1) is 11.5 Å². The van der Waals surface area contributed by atoms with Crippen molar-refractivity contribution in [1.82, 2.24) is 25.5 Å². The van der Waals surface area contributed by atoms with E-state index < -0.39 is 0 Å². The SMILES string of the molecule is CN=C(NC#N)NCCSCc1ccc2nc(CN(C)C)[nH]c2c1. The van der Waals surface area contributed by atoms with Gasteiger partial charge < -0.3 is 15.2 Å². The second kappa shape index (κ2) is 9.15. The summed E-state index contributed by atoms with van der Waals surface area (Å²) in [4.78, 5) is 14.0. The highest BCUT2D eigenvalue weighted by molar-refractivity contribution is 7.98. The van der Waals surface area contributed by atoms with Crippen LogP contribution < -0.4 is 10.6 Å². The molecule has 0 unspecified atom stereocenters. The van der Waals surface area contributed by atoms with E-state index in [2.05, 4.69) is 48.7 Å². The maximum absolute atomic E-state index is 8.56. The van der Waals surface area contributed by atoms with Crippen LogP contribution in [0.3, 0.4) is 0 Å². The predicted octanol–water partition coefficient (Wildman–Crippen LogP) is 1.50. The monoisotopic (exact) mass is 345 g/mol. The van der Waals surface area contributed by atoms with Gasteiger partial charge in [-0.15, -0.1) is 0 Å². The number of guanidine groups is 1. The number of nitriles is 1. The molecule has 0 amide bonds. The van der Waals surface area contributed by atoms with Gasteiger partial charge in [-0.25, -0.2) is 4.98 Å². The topological polar surface area (TPSA) is 92.1 Å². The molecule has 7 nitrogen and oxygen atoms in total. The number of hydrogen-bond donors (Lipinski definition) is 3. The first-order chi connectivity index (χ1) is 11.6. The first kappa shape index (κ1) is 18.1. The lowest BCUT2D eigenvalue weighted by molar-refractivity contribution is 0.392. The fourth-order valence-electron chi connectivity index (χ4n) is 2.24. The van der Waals surface area contributed by atoms with Gasteiger partial charge in [0.05, 0.1) is 17.6 Å². The van der Waals surface area contributed by atoms with Gasteiger partial charge in [0, 0.05) is 25.1 Å². The van der Waals surface area contributed by atoms with Gasteiger partial charge in [0.25, 0.3) is 0 Å². The molecule has 1 heterocycles. The van der Waals surface area contributed by atoms with E-state index in [9.17, 15) is 0 Å². The number of H-pyrrole nitrogens is 1. The zero-order valence-corrected chi connectivity index (χ0v) is 15.1. The molecule has 0 spiro atoms. The zero-order valence-electron chi connectivity index (χ0n) is 14.3. The van der Waals surface area contributed by atoms with Crippen LogP contribution in [-0.2, 0) is 12.3 Å². The van der Waals surface area contributed by atoms with E-state index in [-0.39, 0.29) is 0 Å². The number of fused-ring (bicyclic) bond motifs is 1. The van der Waals surface area contributed by atoms with Crippen molar-refractivity contribution in [3.8, 4) is 6.19 Å². The van der Waals surface area contributed by atoms with Gasteiger partial charge in [-0.1, -0.05) is 6.07 Å². The number of aliphatic imine (C=N–C) groups is 1. The molecule has 0 atom stereocenters. The lowest BCUT2D eigenvalue weighted by atomic mass is 10.2. The highest BCUT2D eigenvalue weighted by Crippen LogP contribution is 2.18. The Balaban J connectivity index is 1.82. The van der Waals surface area contributed by atoms with Gasteiger partial charge in [-0.2, -0.15) is 17.0 Å². The molecule has 8 heteroatoms. The molecule has 0 radical (unpaired) electrons. The van der Waals surface area contributed by atoms with Crippen LogP contribution in [0.2, 0.25) is 0 Å². The summed E-state index contributed by atoms with van der Waals surface area (Å²) in [5, 5.41) is 14.1. The van der Waals surface area contributed by atoms with Crippen molar-refractivity contribution >= 4 is 28.8 Å². The molecule has 0 aliphatic carbocycles. The summed E-state index contributed by atoms with van der Waals surface area (Å²) in [5.41, 5.74) is 3.36. The summed E-state index contributed by atoms with van der Waals surface area (Å²) in [7, 11) is 5.71. The Morgan fingerprint density at radius 1 is 1.46 bits per heavy atom. The summed E-state index contributed by atoms with van der Waals surface area (Å²) >= 11 is 1.83. The lowest BCUT2D eigenvalue weighted by Crippen LogP contribution is -2.35. The van der Waals surface area contributed by atoms with Gasteiger partial charge in [0.15, 0.2) is 6.19 Å². The summed E-state index contributed by atoms with van der Waals surface area (Å²) in [6, 6.07) is 6.36. The Morgan fingerprint density at radius 2 is 2.29 bits per heavy atom. The lowest BCUT2D eigenvalue weighted by Gasteiger charge is -2.06. The summed E-state index contributed by atoms with van der Waals surface area (Å²) in [6.07, 6.45) is 1.85. The standard InChI is InChI=1S/C16H23N7S/c1-18-16(20-11-17)19-6-7-24-10-12-4-5-13-14(8-12)22-15(21-13)9-23(2)3/h4-5,8H,6-7,9-10H2,1-3H3,(H,21,22)(H2,18,19,20). The molecule has 0 fully saturated rings. The number of rotatable bonds is 7. The second-order valence-electron chi connectivity index (χ2n) is 5.56. The van der Waals surface area contributed by atoms with Gasteiger partial charge in [0.1, 0.15) is 5.82 Å². The Morgan fingerprint density at radius 3 is 3.00 bits per heavy atom. The highest BCUT2D eigenvalue weighted by atomic mass is 32.2. The minimum atomic E-state index is 0.505. The normalized spacial score (nSPS) is 11.7. The molecular formula is C16H23N7S. The Labute approximate surface area is 146 Å². The predicted molar refractivity (Wildman–Crippen MR) is 99.8 cm³/mol. The number of imidazole rings is 1. The van der Waals surface area contributed by atoms with Crippen LogP contribution in [0.15, 0.2) is 23.2 Å². The minimum Gasteiger partial charge on any atom is -0.355 e. The molecular weight excluding hydrogens is 322 g/mol. The molecule has 0 saturated heterocycles. The molecule has 0 aliphatic rings. The fourth-order valence-corrected chi connectivity index (χ4v) is 3.04. The van der Waals surface area contributed by atoms with Crippen LogP contribution in [0.25, 0.3) is 11.0 Å². The number of aromatic nitrogens is 2. The first-order valence-electron chi connectivity index (χ1n) is 7.68. The maximum Gasteiger partial charge on any atom is 0.204 e. The van der Waals surface area contributed by atoms with E-state index in [1.54, 1.807) is 7.05 Å². The number of nitrogens with zero attached hydrogens (tertiary/aromatic N) is 4. The van der Waals surface area contributed by atoms with Crippen LogP contribution >= 0.6 is 11.8 Å². The fraction of sp³-hybridized carbons (Fsp3) is 0.438. The van der Waals surface area contributed by atoms with E-state index in [1.165, 1.54) is 5.56 Å². The van der Waals surface area contributed by atoms with E-state index in [1.807, 2.05) is 32.1 Å². The first-order valence-corrected chi connectivity index (χ1v) is 8.83. The maximum atomic E-state index is 8.56. The molecule has 0 saturated carbocycles.